The van der Waals surface area contributed by atoms with Gasteiger partial charge in [-0.15, -0.1) is 0 Å². The van der Waals surface area contributed by atoms with Crippen molar-refractivity contribution in [2.75, 3.05) is 0 Å². The van der Waals surface area contributed by atoms with Gasteiger partial charge in [0.1, 0.15) is 22.7 Å². The fraction of sp³-hybridized carbons (Fsp3) is 0.0377. The van der Waals surface area contributed by atoms with Gasteiger partial charge in [-0.25, -0.2) is 15.0 Å². The molecule has 5 nitrogen and oxygen atoms in total. The molecular weight excluding hydrogens is 711 g/mol. The van der Waals surface area contributed by atoms with E-state index in [4.69, 9.17) is 24.1 Å². The number of rotatable bonds is 4. The lowest BCUT2D eigenvalue weighted by Crippen LogP contribution is -2.33. The number of hydrogen-bond donors (Lipinski definition) is 0. The molecule has 1 atom stereocenters. The van der Waals surface area contributed by atoms with Crippen LogP contribution in [0, 0.1) is 0 Å². The van der Waals surface area contributed by atoms with Crippen molar-refractivity contribution in [3.8, 4) is 56.8 Å². The molecule has 1 spiro atoms. The lowest BCUT2D eigenvalue weighted by atomic mass is 9.64. The summed E-state index contributed by atoms with van der Waals surface area (Å²) < 4.78 is 13.1. The lowest BCUT2D eigenvalue weighted by molar-refractivity contribution is 0.433. The Morgan fingerprint density at radius 1 is 0.448 bits per heavy atom. The number of aromatic nitrogens is 3. The summed E-state index contributed by atoms with van der Waals surface area (Å²) in [7, 11) is 0. The van der Waals surface area contributed by atoms with E-state index in [-0.39, 0.29) is 0 Å². The van der Waals surface area contributed by atoms with E-state index in [1.165, 1.54) is 22.3 Å². The number of fused-ring (bicyclic) bond motifs is 11. The highest BCUT2D eigenvalue weighted by Crippen LogP contribution is 2.62. The normalized spacial score (nSPS) is 16.2. The van der Waals surface area contributed by atoms with E-state index in [1.54, 1.807) is 0 Å². The van der Waals surface area contributed by atoms with Crippen LogP contribution in [0.4, 0.5) is 0 Å². The zero-order valence-corrected chi connectivity index (χ0v) is 31.3. The van der Waals surface area contributed by atoms with Crippen molar-refractivity contribution in [2.24, 2.45) is 0 Å². The van der Waals surface area contributed by atoms with Gasteiger partial charge in [0.25, 0.3) is 0 Å². The van der Waals surface area contributed by atoms with Gasteiger partial charge < -0.3 is 9.15 Å². The third-order valence-corrected chi connectivity index (χ3v) is 11.9. The smallest absolute Gasteiger partial charge is 0.164 e. The van der Waals surface area contributed by atoms with Gasteiger partial charge in [0.05, 0.1) is 5.41 Å². The number of benzene rings is 7. The number of nitrogens with zero attached hydrogens (tertiary/aromatic N) is 3. The van der Waals surface area contributed by atoms with Crippen LogP contribution in [-0.2, 0) is 5.41 Å². The third kappa shape index (κ3) is 4.80. The second-order valence-electron chi connectivity index (χ2n) is 15.0. The highest BCUT2D eigenvalue weighted by Gasteiger charge is 2.51. The molecule has 272 valence electrons. The summed E-state index contributed by atoms with van der Waals surface area (Å²) in [5.41, 5.74) is 13.3. The van der Waals surface area contributed by atoms with Crippen molar-refractivity contribution in [1.29, 1.82) is 0 Å². The molecule has 0 N–H and O–H groups in total. The molecule has 0 bridgehead atoms. The molecule has 3 aliphatic rings. The van der Waals surface area contributed by atoms with Gasteiger partial charge in [-0.3, -0.25) is 0 Å². The summed E-state index contributed by atoms with van der Waals surface area (Å²) in [6.07, 6.45) is 9.70. The molecule has 12 rings (SSSR count). The van der Waals surface area contributed by atoms with Crippen molar-refractivity contribution in [3.05, 3.63) is 216 Å². The lowest BCUT2D eigenvalue weighted by Gasteiger charge is -2.41. The SMILES string of the molecule is C1=CCC2=C(C=C1)c1ccccc1C21c2ccccc2Oc2ccc(-c3ccccc3-c3nc(-c4ccccc4)nc(-c4ccc5c(c4)oc4ccccc45)n3)cc21. The quantitative estimate of drug-likeness (QED) is 0.180. The molecule has 0 saturated carbocycles. The van der Waals surface area contributed by atoms with Gasteiger partial charge in [0.15, 0.2) is 17.5 Å². The molecular formula is C53H33N3O2. The number of ether oxygens (including phenoxy) is 1. The van der Waals surface area contributed by atoms with Crippen LogP contribution < -0.4 is 4.74 Å². The van der Waals surface area contributed by atoms with Gasteiger partial charge in [-0.1, -0.05) is 152 Å². The molecule has 7 aromatic carbocycles. The largest absolute Gasteiger partial charge is 0.457 e. The summed E-state index contributed by atoms with van der Waals surface area (Å²) in [6.45, 7) is 0. The Labute approximate surface area is 335 Å². The first-order valence-corrected chi connectivity index (χ1v) is 19.7. The Kier molecular flexibility index (Phi) is 7.14. The molecule has 58 heavy (non-hydrogen) atoms. The molecule has 0 amide bonds. The fourth-order valence-electron chi connectivity index (χ4n) is 9.40. The summed E-state index contributed by atoms with van der Waals surface area (Å²) >= 11 is 0. The monoisotopic (exact) mass is 743 g/mol. The van der Waals surface area contributed by atoms with Crippen LogP contribution in [0.5, 0.6) is 11.5 Å². The van der Waals surface area contributed by atoms with Gasteiger partial charge in [-0.05, 0) is 76.2 Å². The number of hydrogen-bond acceptors (Lipinski definition) is 5. The maximum Gasteiger partial charge on any atom is 0.164 e. The van der Waals surface area contributed by atoms with E-state index in [2.05, 4.69) is 133 Å². The zero-order chi connectivity index (χ0) is 38.2. The molecule has 1 aliphatic heterocycles. The van der Waals surface area contributed by atoms with E-state index in [0.717, 1.165) is 78.8 Å². The van der Waals surface area contributed by atoms with Crippen LogP contribution in [-0.4, -0.2) is 15.0 Å². The van der Waals surface area contributed by atoms with Gasteiger partial charge >= 0.3 is 0 Å². The van der Waals surface area contributed by atoms with Crippen molar-refractivity contribution in [2.45, 2.75) is 11.8 Å². The first-order chi connectivity index (χ1) is 28.7. The van der Waals surface area contributed by atoms with Crippen LogP contribution in [0.2, 0.25) is 0 Å². The zero-order valence-electron chi connectivity index (χ0n) is 31.3. The molecule has 0 saturated heterocycles. The average molecular weight is 744 g/mol. The first-order valence-electron chi connectivity index (χ1n) is 19.7. The predicted octanol–water partition coefficient (Wildman–Crippen LogP) is 13.2. The minimum absolute atomic E-state index is 0.545. The topological polar surface area (TPSA) is 61.0 Å². The molecule has 0 fully saturated rings. The second-order valence-corrected chi connectivity index (χ2v) is 15.0. The molecule has 2 aromatic heterocycles. The van der Waals surface area contributed by atoms with E-state index in [0.29, 0.717) is 17.5 Å². The van der Waals surface area contributed by atoms with E-state index >= 15 is 0 Å². The Morgan fingerprint density at radius 3 is 2.02 bits per heavy atom. The third-order valence-electron chi connectivity index (χ3n) is 11.9. The molecule has 2 aliphatic carbocycles. The Morgan fingerprint density at radius 2 is 1.12 bits per heavy atom. The van der Waals surface area contributed by atoms with Gasteiger partial charge in [0.2, 0.25) is 0 Å². The van der Waals surface area contributed by atoms with Crippen LogP contribution in [0.1, 0.15) is 28.7 Å². The van der Waals surface area contributed by atoms with Crippen LogP contribution in [0.3, 0.4) is 0 Å². The minimum atomic E-state index is -0.545. The van der Waals surface area contributed by atoms with E-state index in [1.807, 2.05) is 54.6 Å². The van der Waals surface area contributed by atoms with E-state index in [9.17, 15) is 0 Å². The molecule has 1 unspecified atom stereocenters. The van der Waals surface area contributed by atoms with Crippen LogP contribution in [0.25, 0.3) is 72.8 Å². The van der Waals surface area contributed by atoms with Crippen molar-refractivity contribution in [3.63, 3.8) is 0 Å². The number of para-hydroxylation sites is 2. The average Bonchev–Trinajstić information content (AvgIpc) is 3.66. The van der Waals surface area contributed by atoms with Crippen LogP contribution in [0.15, 0.2) is 198 Å². The summed E-state index contributed by atoms with van der Waals surface area (Å²) in [4.78, 5) is 15.4. The van der Waals surface area contributed by atoms with Gasteiger partial charge in [-0.2, -0.15) is 0 Å². The predicted molar refractivity (Wildman–Crippen MR) is 232 cm³/mol. The maximum atomic E-state index is 6.78. The molecule has 9 aromatic rings. The summed E-state index contributed by atoms with van der Waals surface area (Å²) in [5, 5.41) is 2.14. The molecule has 3 heterocycles. The molecule has 0 radical (unpaired) electrons. The first kappa shape index (κ1) is 32.6. The standard InChI is InChI=1S/C53H33N3O2/c1-3-15-33(16-4-1)50-54-51(35-27-29-40-39-20-10-13-25-46(39)57-49(40)32-35)56-52(55-50)41-21-8-7-17-36(41)34-28-30-48-45(31-34)53(44-24-12-14-26-47(44)58-48)42-22-6-2-5-18-37(42)38-19-9-11-23-43(38)53/h1-21,23-32H,22H2. The van der Waals surface area contributed by atoms with Crippen molar-refractivity contribution in [1.82, 2.24) is 15.0 Å². The minimum Gasteiger partial charge on any atom is -0.457 e. The van der Waals surface area contributed by atoms with E-state index < -0.39 is 5.41 Å². The number of allylic oxidation sites excluding steroid dienone is 6. The van der Waals surface area contributed by atoms with Crippen LogP contribution >= 0.6 is 0 Å². The number of furan rings is 1. The highest BCUT2D eigenvalue weighted by molar-refractivity contribution is 6.05. The molecule has 5 heteroatoms. The second kappa shape index (κ2) is 12.7. The summed E-state index contributed by atoms with van der Waals surface area (Å²) in [5.74, 6) is 3.51. The van der Waals surface area contributed by atoms with Crippen molar-refractivity contribution < 1.29 is 9.15 Å². The maximum absolute atomic E-state index is 6.78. The highest BCUT2D eigenvalue weighted by atomic mass is 16.5. The van der Waals surface area contributed by atoms with Crippen molar-refractivity contribution >= 4 is 27.5 Å². The van der Waals surface area contributed by atoms with Gasteiger partial charge in [0, 0.05) is 38.6 Å². The Hall–Kier alpha value is -7.63. The summed E-state index contributed by atoms with van der Waals surface area (Å²) in [6, 6.07) is 56.9. The Balaban J connectivity index is 1.06. The fourth-order valence-corrected chi connectivity index (χ4v) is 9.40. The Bertz CT molecular complexity index is 3250.